The minimum Gasteiger partial charge on any atom is -0.383 e. The van der Waals surface area contributed by atoms with Crippen molar-refractivity contribution in [1.82, 2.24) is 43.8 Å². The van der Waals surface area contributed by atoms with Gasteiger partial charge in [0.2, 0.25) is 0 Å². The second kappa shape index (κ2) is 9.16. The highest BCUT2D eigenvalue weighted by Gasteiger charge is 2.27. The maximum atomic E-state index is 13.4. The lowest BCUT2D eigenvalue weighted by Gasteiger charge is -2.17. The van der Waals surface area contributed by atoms with Crippen molar-refractivity contribution in [2.75, 3.05) is 5.73 Å². The average Bonchev–Trinajstić information content (AvgIpc) is 3.76. The van der Waals surface area contributed by atoms with Gasteiger partial charge in [-0.15, -0.1) is 0 Å². The maximum absolute atomic E-state index is 13.4. The van der Waals surface area contributed by atoms with E-state index < -0.39 is 0 Å². The average molecular weight is 553 g/mol. The summed E-state index contributed by atoms with van der Waals surface area (Å²) in [5.74, 6) is 1.71. The Bertz CT molecular complexity index is 2210. The van der Waals surface area contributed by atoms with Crippen molar-refractivity contribution in [2.45, 2.75) is 25.8 Å². The summed E-state index contributed by atoms with van der Waals surface area (Å²) < 4.78 is 5.46. The molecule has 0 spiro atoms. The van der Waals surface area contributed by atoms with E-state index in [0.717, 1.165) is 40.9 Å². The van der Waals surface area contributed by atoms with Crippen molar-refractivity contribution in [3.63, 3.8) is 0 Å². The molecule has 0 saturated heterocycles. The predicted molar refractivity (Wildman–Crippen MR) is 159 cm³/mol. The molecule has 0 saturated carbocycles. The number of nitrogens with zero attached hydrogens (tertiary/aromatic N) is 9. The van der Waals surface area contributed by atoms with E-state index in [1.807, 2.05) is 60.2 Å². The normalized spacial score (nSPS) is 14.5. The molecule has 1 atom stereocenters. The van der Waals surface area contributed by atoms with E-state index in [1.165, 1.54) is 0 Å². The minimum atomic E-state index is -0.114. The molecule has 8 rings (SSSR count). The quantitative estimate of drug-likeness (QED) is 0.343. The molecule has 0 bridgehead atoms. The molecule has 0 amide bonds. The lowest BCUT2D eigenvalue weighted by atomic mass is 10.1. The Balaban J connectivity index is 1.28. The van der Waals surface area contributed by atoms with Crippen LogP contribution in [0.4, 0.5) is 5.82 Å². The van der Waals surface area contributed by atoms with Crippen LogP contribution >= 0.6 is 0 Å². The number of fused-ring (bicyclic) bond motifs is 3. The summed E-state index contributed by atoms with van der Waals surface area (Å²) in [6.07, 6.45) is 10.1. The molecule has 0 fully saturated rings. The number of anilines is 1. The van der Waals surface area contributed by atoms with Crippen LogP contribution in [0.3, 0.4) is 0 Å². The van der Waals surface area contributed by atoms with E-state index in [2.05, 4.69) is 32.2 Å². The van der Waals surface area contributed by atoms with Gasteiger partial charge in [-0.05, 0) is 79.4 Å². The van der Waals surface area contributed by atoms with Crippen LogP contribution in [0, 0.1) is 6.92 Å². The lowest BCUT2D eigenvalue weighted by Crippen LogP contribution is -2.25. The van der Waals surface area contributed by atoms with Crippen LogP contribution in [0.5, 0.6) is 0 Å². The van der Waals surface area contributed by atoms with Gasteiger partial charge < -0.3 is 5.73 Å². The van der Waals surface area contributed by atoms with Crippen LogP contribution in [0.2, 0.25) is 0 Å². The number of hydrogen-bond acceptors (Lipinski definition) is 8. The summed E-state index contributed by atoms with van der Waals surface area (Å²) in [5.41, 5.74) is 13.0. The standard InChI is InChI=1S/C31H24N10O/c1-18-14-25-23(16-34-18)31(42)39(17-35-25)26-9-5-19-15-20(6-7-21(19)26)41-29(22-4-2-11-33-28(22)32)37-24-8-10-27(38-30(24)41)40-13-3-12-36-40/h2-4,6-8,10-17,26H,5,9H2,1H3,(H2,32,33)/t26-/m0/s1. The third-order valence-corrected chi connectivity index (χ3v) is 7.88. The molecule has 6 aromatic heterocycles. The molecule has 1 aliphatic rings. The smallest absolute Gasteiger partial charge is 0.263 e. The Morgan fingerprint density at radius 1 is 0.952 bits per heavy atom. The minimum absolute atomic E-state index is 0.0836. The molecule has 11 heteroatoms. The molecule has 1 aromatic carbocycles. The fourth-order valence-electron chi connectivity index (χ4n) is 5.88. The van der Waals surface area contributed by atoms with Crippen LogP contribution in [0.1, 0.15) is 29.3 Å². The Morgan fingerprint density at radius 2 is 1.88 bits per heavy atom. The van der Waals surface area contributed by atoms with Crippen molar-refractivity contribution in [2.24, 2.45) is 0 Å². The second-order valence-corrected chi connectivity index (χ2v) is 10.4. The maximum Gasteiger partial charge on any atom is 0.263 e. The molecular formula is C31H24N10O. The van der Waals surface area contributed by atoms with Gasteiger partial charge in [-0.2, -0.15) is 5.10 Å². The molecule has 11 nitrogen and oxygen atoms in total. The number of aromatic nitrogens is 9. The Hall–Kier alpha value is -5.71. The van der Waals surface area contributed by atoms with Crippen LogP contribution in [0.25, 0.3) is 45.0 Å². The SMILES string of the molecule is Cc1cc2ncn([C@H]3CCc4cc(-n5c(-c6cccnc6N)nc6ccc(-n7cccn7)nc65)ccc43)c(=O)c2cn1. The number of nitrogen functional groups attached to an aromatic ring is 1. The van der Waals surface area contributed by atoms with E-state index in [0.29, 0.717) is 39.6 Å². The van der Waals surface area contributed by atoms with E-state index in [4.69, 9.17) is 15.7 Å². The summed E-state index contributed by atoms with van der Waals surface area (Å²) in [7, 11) is 0. The Morgan fingerprint density at radius 3 is 2.74 bits per heavy atom. The number of benzene rings is 1. The zero-order chi connectivity index (χ0) is 28.4. The van der Waals surface area contributed by atoms with Crippen LogP contribution in [-0.4, -0.2) is 43.8 Å². The largest absolute Gasteiger partial charge is 0.383 e. The molecule has 0 unspecified atom stereocenters. The third-order valence-electron chi connectivity index (χ3n) is 7.88. The molecule has 0 aliphatic heterocycles. The topological polar surface area (TPSA) is 135 Å². The predicted octanol–water partition coefficient (Wildman–Crippen LogP) is 4.20. The van der Waals surface area contributed by atoms with Gasteiger partial charge in [0, 0.05) is 36.2 Å². The fraction of sp³-hybridized carbons (Fsp3) is 0.129. The molecule has 2 N–H and O–H groups in total. The molecule has 6 heterocycles. The van der Waals surface area contributed by atoms with Gasteiger partial charge in [-0.3, -0.25) is 18.9 Å². The molecule has 42 heavy (non-hydrogen) atoms. The van der Waals surface area contributed by atoms with Crippen LogP contribution < -0.4 is 11.3 Å². The highest BCUT2D eigenvalue weighted by atomic mass is 16.1. The van der Waals surface area contributed by atoms with Crippen molar-refractivity contribution in [3.05, 3.63) is 113 Å². The van der Waals surface area contributed by atoms with Crippen molar-refractivity contribution < 1.29 is 0 Å². The first-order valence-corrected chi connectivity index (χ1v) is 13.6. The van der Waals surface area contributed by atoms with E-state index in [9.17, 15) is 4.79 Å². The number of hydrogen-bond donors (Lipinski definition) is 1. The molecule has 1 aliphatic carbocycles. The van der Waals surface area contributed by atoms with Gasteiger partial charge in [0.15, 0.2) is 17.3 Å². The summed E-state index contributed by atoms with van der Waals surface area (Å²) in [5, 5.41) is 4.87. The molecule has 7 aromatic rings. The summed E-state index contributed by atoms with van der Waals surface area (Å²) >= 11 is 0. The number of aryl methyl sites for hydroxylation is 2. The Labute approximate surface area is 239 Å². The number of imidazole rings is 1. The van der Waals surface area contributed by atoms with Gasteiger partial charge in [0.1, 0.15) is 11.3 Å². The highest BCUT2D eigenvalue weighted by molar-refractivity contribution is 5.83. The third kappa shape index (κ3) is 3.70. The molecular weight excluding hydrogens is 528 g/mol. The fourth-order valence-corrected chi connectivity index (χ4v) is 5.88. The summed E-state index contributed by atoms with van der Waals surface area (Å²) in [6, 6.07) is 17.4. The number of pyridine rings is 3. The van der Waals surface area contributed by atoms with Gasteiger partial charge in [-0.25, -0.2) is 24.6 Å². The van der Waals surface area contributed by atoms with Crippen molar-refractivity contribution in [1.29, 1.82) is 0 Å². The van der Waals surface area contributed by atoms with E-state index >= 15 is 0 Å². The first-order chi connectivity index (χ1) is 20.5. The highest BCUT2D eigenvalue weighted by Crippen LogP contribution is 2.37. The summed E-state index contributed by atoms with van der Waals surface area (Å²) in [6.45, 7) is 1.89. The van der Waals surface area contributed by atoms with Crippen molar-refractivity contribution >= 4 is 27.9 Å². The van der Waals surface area contributed by atoms with Crippen LogP contribution in [0.15, 0.2) is 90.5 Å². The zero-order valence-electron chi connectivity index (χ0n) is 22.6. The monoisotopic (exact) mass is 552 g/mol. The molecule has 204 valence electrons. The lowest BCUT2D eigenvalue weighted by molar-refractivity contribution is 0.556. The van der Waals surface area contributed by atoms with E-state index in [-0.39, 0.29) is 11.6 Å². The van der Waals surface area contributed by atoms with Gasteiger partial charge in [-0.1, -0.05) is 6.07 Å². The van der Waals surface area contributed by atoms with Crippen molar-refractivity contribution in [3.8, 4) is 22.9 Å². The zero-order valence-corrected chi connectivity index (χ0v) is 22.6. The first-order valence-electron chi connectivity index (χ1n) is 13.6. The van der Waals surface area contributed by atoms with Crippen LogP contribution in [-0.2, 0) is 6.42 Å². The second-order valence-electron chi connectivity index (χ2n) is 10.4. The first kappa shape index (κ1) is 24.1. The van der Waals surface area contributed by atoms with Gasteiger partial charge in [0.05, 0.1) is 28.8 Å². The number of rotatable bonds is 4. The summed E-state index contributed by atoms with van der Waals surface area (Å²) in [4.78, 5) is 36.5. The van der Waals surface area contributed by atoms with Gasteiger partial charge >= 0.3 is 0 Å². The Kier molecular flexibility index (Phi) is 5.26. The van der Waals surface area contributed by atoms with E-state index in [1.54, 1.807) is 34.2 Å². The van der Waals surface area contributed by atoms with Gasteiger partial charge in [0.25, 0.3) is 5.56 Å². The molecule has 0 radical (unpaired) electrons. The number of nitrogens with two attached hydrogens (primary N) is 1.